The van der Waals surface area contributed by atoms with Crippen molar-refractivity contribution in [3.05, 3.63) is 29.3 Å². The number of hydrogen-bond acceptors (Lipinski definition) is 2. The van der Waals surface area contributed by atoms with Crippen molar-refractivity contribution in [2.24, 2.45) is 11.7 Å². The van der Waals surface area contributed by atoms with Gasteiger partial charge >= 0.3 is 0 Å². The molecule has 1 heterocycles. The zero-order valence-electron chi connectivity index (χ0n) is 15.9. The molecule has 0 saturated carbocycles. The molecule has 1 unspecified atom stereocenters. The van der Waals surface area contributed by atoms with Gasteiger partial charge in [0.05, 0.1) is 19.0 Å². The number of likely N-dealkylation sites (tertiary alicyclic amines) is 1. The molecule has 2 atom stereocenters. The van der Waals surface area contributed by atoms with E-state index in [1.54, 1.807) is 0 Å². The maximum Gasteiger partial charge on any atom is 0.279 e. The van der Waals surface area contributed by atoms with Crippen LogP contribution in [0.5, 0.6) is 0 Å². The Morgan fingerprint density at radius 3 is 2.32 bits per heavy atom. The van der Waals surface area contributed by atoms with Crippen molar-refractivity contribution >= 4 is 17.5 Å². The van der Waals surface area contributed by atoms with E-state index >= 15 is 0 Å². The predicted octanol–water partition coefficient (Wildman–Crippen LogP) is 1.65. The summed E-state index contributed by atoms with van der Waals surface area (Å²) in [6, 6.07) is 6.24. The SMILES string of the molecule is CC(C)c1cccc(C(C)C)c1NC(=O)C[NH+]1CCC[C@@H](C(N)=O)C1. The second-order valence-corrected chi connectivity index (χ2v) is 7.79. The van der Waals surface area contributed by atoms with E-state index in [4.69, 9.17) is 5.73 Å². The molecule has 5 heteroatoms. The van der Waals surface area contributed by atoms with E-state index in [2.05, 4.69) is 51.2 Å². The van der Waals surface area contributed by atoms with E-state index in [1.165, 1.54) is 11.1 Å². The maximum absolute atomic E-state index is 12.7. The number of piperidine rings is 1. The second kappa shape index (κ2) is 8.48. The lowest BCUT2D eigenvalue weighted by atomic mass is 9.92. The molecule has 25 heavy (non-hydrogen) atoms. The van der Waals surface area contributed by atoms with Gasteiger partial charge in [0.1, 0.15) is 0 Å². The van der Waals surface area contributed by atoms with Crippen LogP contribution in [0.3, 0.4) is 0 Å². The first kappa shape index (κ1) is 19.4. The van der Waals surface area contributed by atoms with E-state index in [-0.39, 0.29) is 17.7 Å². The fourth-order valence-electron chi connectivity index (χ4n) is 3.66. The zero-order chi connectivity index (χ0) is 18.6. The average molecular weight is 346 g/mol. The number of benzene rings is 1. The summed E-state index contributed by atoms with van der Waals surface area (Å²) in [7, 11) is 0. The Hall–Kier alpha value is -1.88. The summed E-state index contributed by atoms with van der Waals surface area (Å²) in [6.07, 6.45) is 1.78. The van der Waals surface area contributed by atoms with Crippen LogP contribution >= 0.6 is 0 Å². The highest BCUT2D eigenvalue weighted by Gasteiger charge is 2.28. The van der Waals surface area contributed by atoms with Crippen LogP contribution in [0.15, 0.2) is 18.2 Å². The molecule has 2 rings (SSSR count). The van der Waals surface area contributed by atoms with Gasteiger partial charge in [-0.25, -0.2) is 0 Å². The summed E-state index contributed by atoms with van der Waals surface area (Å²) >= 11 is 0. The number of para-hydroxylation sites is 1. The normalized spacial score (nSPS) is 20.7. The highest BCUT2D eigenvalue weighted by Crippen LogP contribution is 2.32. The van der Waals surface area contributed by atoms with Gasteiger partial charge < -0.3 is 16.0 Å². The Balaban J connectivity index is 2.11. The number of amides is 2. The largest absolute Gasteiger partial charge is 0.369 e. The standard InChI is InChI=1S/C20H31N3O2/c1-13(2)16-8-5-9-17(14(3)4)19(16)22-18(24)12-23-10-6-7-15(11-23)20(21)25/h5,8-9,13-15H,6-7,10-12H2,1-4H3,(H2,21,25)(H,22,24)/p+1/t15-/m1/s1. The first-order chi connectivity index (χ1) is 11.8. The van der Waals surface area contributed by atoms with Crippen molar-refractivity contribution in [3.63, 3.8) is 0 Å². The number of anilines is 1. The predicted molar refractivity (Wildman–Crippen MR) is 101 cm³/mol. The summed E-state index contributed by atoms with van der Waals surface area (Å²) in [5.74, 6) is 0.344. The van der Waals surface area contributed by atoms with Crippen LogP contribution in [0, 0.1) is 5.92 Å². The monoisotopic (exact) mass is 346 g/mol. The third kappa shape index (κ3) is 5.05. The Bertz CT molecular complexity index is 599. The van der Waals surface area contributed by atoms with Crippen LogP contribution in [-0.2, 0) is 9.59 Å². The molecule has 0 bridgehead atoms. The molecule has 1 aromatic carbocycles. The number of carbonyl (C=O) groups is 2. The molecule has 5 nitrogen and oxygen atoms in total. The Kier molecular flexibility index (Phi) is 6.59. The minimum absolute atomic E-state index is 0.00937. The van der Waals surface area contributed by atoms with E-state index in [0.29, 0.717) is 24.9 Å². The van der Waals surface area contributed by atoms with Gasteiger partial charge in [-0.05, 0) is 35.8 Å². The molecule has 0 radical (unpaired) electrons. The number of quaternary nitrogens is 1. The van der Waals surface area contributed by atoms with Gasteiger partial charge in [-0.15, -0.1) is 0 Å². The van der Waals surface area contributed by atoms with Crippen LogP contribution in [0.1, 0.15) is 63.5 Å². The summed E-state index contributed by atoms with van der Waals surface area (Å²) in [5.41, 5.74) is 8.74. The number of primary amides is 1. The Morgan fingerprint density at radius 2 is 1.80 bits per heavy atom. The van der Waals surface area contributed by atoms with Crippen molar-refractivity contribution in [1.29, 1.82) is 0 Å². The van der Waals surface area contributed by atoms with Gasteiger partial charge in [-0.3, -0.25) is 9.59 Å². The third-order valence-electron chi connectivity index (χ3n) is 5.07. The van der Waals surface area contributed by atoms with Gasteiger partial charge in [-0.2, -0.15) is 0 Å². The smallest absolute Gasteiger partial charge is 0.279 e. The molecule has 0 aromatic heterocycles. The number of hydrogen-bond donors (Lipinski definition) is 3. The Labute approximate surface area is 151 Å². The summed E-state index contributed by atoms with van der Waals surface area (Å²) in [4.78, 5) is 25.2. The summed E-state index contributed by atoms with van der Waals surface area (Å²) in [5, 5.41) is 3.16. The topological polar surface area (TPSA) is 76.6 Å². The van der Waals surface area contributed by atoms with E-state index in [0.717, 1.165) is 30.0 Å². The molecule has 1 saturated heterocycles. The molecule has 2 amide bonds. The highest BCUT2D eigenvalue weighted by atomic mass is 16.2. The summed E-state index contributed by atoms with van der Waals surface area (Å²) in [6.45, 7) is 10.5. The first-order valence-corrected chi connectivity index (χ1v) is 9.35. The molecule has 1 aliphatic rings. The number of rotatable bonds is 6. The van der Waals surface area contributed by atoms with Gasteiger partial charge in [0.25, 0.3) is 5.91 Å². The second-order valence-electron chi connectivity index (χ2n) is 7.79. The van der Waals surface area contributed by atoms with Crippen molar-refractivity contribution in [1.82, 2.24) is 0 Å². The van der Waals surface area contributed by atoms with Crippen molar-refractivity contribution in [2.75, 3.05) is 25.0 Å². The quantitative estimate of drug-likeness (QED) is 0.732. The van der Waals surface area contributed by atoms with Gasteiger partial charge in [0.15, 0.2) is 6.54 Å². The Morgan fingerprint density at radius 1 is 1.20 bits per heavy atom. The fraction of sp³-hybridized carbons (Fsp3) is 0.600. The maximum atomic E-state index is 12.7. The van der Waals surface area contributed by atoms with Crippen LogP contribution in [-0.4, -0.2) is 31.4 Å². The molecule has 1 fully saturated rings. The molecule has 0 aliphatic carbocycles. The van der Waals surface area contributed by atoms with Crippen LogP contribution in [0.25, 0.3) is 0 Å². The molecule has 4 N–H and O–H groups in total. The van der Waals surface area contributed by atoms with Gasteiger partial charge in [-0.1, -0.05) is 45.9 Å². The fourth-order valence-corrected chi connectivity index (χ4v) is 3.66. The third-order valence-corrected chi connectivity index (χ3v) is 5.07. The lowest BCUT2D eigenvalue weighted by Gasteiger charge is -2.28. The van der Waals surface area contributed by atoms with Crippen molar-refractivity contribution in [2.45, 2.75) is 52.4 Å². The number of nitrogens with two attached hydrogens (primary N) is 1. The minimum Gasteiger partial charge on any atom is -0.369 e. The van der Waals surface area contributed by atoms with Crippen LogP contribution in [0.2, 0.25) is 0 Å². The van der Waals surface area contributed by atoms with Gasteiger partial charge in [0.2, 0.25) is 5.91 Å². The number of carbonyl (C=O) groups excluding carboxylic acids is 2. The molecule has 1 aliphatic heterocycles. The average Bonchev–Trinajstić information content (AvgIpc) is 2.54. The number of nitrogens with one attached hydrogen (secondary N) is 2. The lowest BCUT2D eigenvalue weighted by Crippen LogP contribution is -3.14. The zero-order valence-corrected chi connectivity index (χ0v) is 15.9. The first-order valence-electron chi connectivity index (χ1n) is 9.35. The van der Waals surface area contributed by atoms with E-state index < -0.39 is 0 Å². The molecular formula is C20H32N3O2+. The summed E-state index contributed by atoms with van der Waals surface area (Å²) < 4.78 is 0. The minimum atomic E-state index is -0.246. The van der Waals surface area contributed by atoms with E-state index in [9.17, 15) is 9.59 Å². The highest BCUT2D eigenvalue weighted by molar-refractivity contribution is 5.93. The lowest BCUT2D eigenvalue weighted by molar-refractivity contribution is -0.899. The van der Waals surface area contributed by atoms with E-state index in [1.807, 2.05) is 0 Å². The van der Waals surface area contributed by atoms with Crippen LogP contribution < -0.4 is 16.0 Å². The molecule has 0 spiro atoms. The molecule has 1 aromatic rings. The van der Waals surface area contributed by atoms with Gasteiger partial charge in [0, 0.05) is 5.69 Å². The van der Waals surface area contributed by atoms with Crippen LogP contribution in [0.4, 0.5) is 5.69 Å². The molecular weight excluding hydrogens is 314 g/mol. The van der Waals surface area contributed by atoms with Crippen molar-refractivity contribution in [3.8, 4) is 0 Å². The van der Waals surface area contributed by atoms with Crippen molar-refractivity contribution < 1.29 is 14.5 Å². The molecule has 138 valence electrons.